The zero-order chi connectivity index (χ0) is 10.8. The van der Waals surface area contributed by atoms with Gasteiger partial charge in [-0.15, -0.1) is 0 Å². The van der Waals surface area contributed by atoms with Crippen LogP contribution in [0.1, 0.15) is 32.1 Å². The fourth-order valence-corrected chi connectivity index (χ4v) is 3.29. The van der Waals surface area contributed by atoms with Crippen LogP contribution in [0.2, 0.25) is 0 Å². The maximum Gasteiger partial charge on any atom is 0.104 e. The topological polar surface area (TPSA) is 25.0 Å². The molecular weight excluding hydrogens is 202 g/mol. The van der Waals surface area contributed by atoms with E-state index < -0.39 is 0 Å². The molecule has 3 unspecified atom stereocenters. The molecule has 0 N–H and O–H groups in total. The van der Waals surface area contributed by atoms with E-state index >= 15 is 0 Å². The van der Waals surface area contributed by atoms with Gasteiger partial charge in [-0.2, -0.15) is 0 Å². The number of fused-ring (bicyclic) bond motifs is 1. The molecule has 3 heterocycles. The summed E-state index contributed by atoms with van der Waals surface area (Å²) in [5, 5.41) is 0. The zero-order valence-electron chi connectivity index (χ0n) is 10.1. The Kier molecular flexibility index (Phi) is 3.46. The van der Waals surface area contributed by atoms with Gasteiger partial charge < -0.3 is 14.4 Å². The van der Waals surface area contributed by atoms with Crippen LogP contribution in [-0.4, -0.2) is 50.0 Å². The maximum absolute atomic E-state index is 5.79. The van der Waals surface area contributed by atoms with Gasteiger partial charge in [0.2, 0.25) is 0 Å². The van der Waals surface area contributed by atoms with Crippen LogP contribution in [0.5, 0.6) is 0 Å². The summed E-state index contributed by atoms with van der Waals surface area (Å²) in [6.45, 7) is 5.35. The summed E-state index contributed by atoms with van der Waals surface area (Å²) in [6, 6.07) is 0.822. The quantitative estimate of drug-likeness (QED) is 0.680. The van der Waals surface area contributed by atoms with Crippen molar-refractivity contribution in [2.45, 2.75) is 44.2 Å². The highest BCUT2D eigenvalue weighted by Gasteiger charge is 2.33. The van der Waals surface area contributed by atoms with Crippen molar-refractivity contribution < 1.29 is 9.47 Å². The molecule has 3 rings (SSSR count). The van der Waals surface area contributed by atoms with Gasteiger partial charge in [0.25, 0.3) is 0 Å². The van der Waals surface area contributed by atoms with E-state index in [1.54, 1.807) is 0 Å². The first-order valence-electron chi connectivity index (χ1n) is 6.87. The Hall–Kier alpha value is -0.120. The first-order chi connectivity index (χ1) is 7.93. The van der Waals surface area contributed by atoms with Crippen LogP contribution < -0.4 is 0 Å². The molecule has 0 saturated carbocycles. The van der Waals surface area contributed by atoms with Crippen LogP contribution in [0.4, 0.5) is 0 Å². The predicted octanol–water partition coefficient (Wildman–Crippen LogP) is 1.67. The van der Waals surface area contributed by atoms with E-state index in [0.29, 0.717) is 6.10 Å². The fourth-order valence-electron chi connectivity index (χ4n) is 3.29. The van der Waals surface area contributed by atoms with Crippen molar-refractivity contribution in [1.29, 1.82) is 0 Å². The number of hydrogen-bond donors (Lipinski definition) is 0. The monoisotopic (exact) mass is 225 g/mol. The van der Waals surface area contributed by atoms with E-state index in [-0.39, 0.29) is 0 Å². The molecule has 0 aliphatic carbocycles. The highest BCUT2D eigenvalue weighted by molar-refractivity contribution is 4.87. The Morgan fingerprint density at radius 3 is 2.81 bits per heavy atom. The van der Waals surface area contributed by atoms with Crippen molar-refractivity contribution in [2.75, 3.05) is 32.9 Å². The average Bonchev–Trinajstić information content (AvgIpc) is 3.13. The first kappa shape index (κ1) is 11.0. The average molecular weight is 225 g/mol. The molecule has 3 atom stereocenters. The predicted molar refractivity (Wildman–Crippen MR) is 62.5 cm³/mol. The molecule has 0 aromatic rings. The summed E-state index contributed by atoms with van der Waals surface area (Å²) in [4.78, 5) is 2.70. The van der Waals surface area contributed by atoms with Crippen LogP contribution >= 0.6 is 0 Å². The van der Waals surface area contributed by atoms with E-state index in [1.165, 1.54) is 45.2 Å². The van der Waals surface area contributed by atoms with Crippen molar-refractivity contribution in [1.82, 2.24) is 4.90 Å². The maximum atomic E-state index is 5.79. The second-order valence-electron chi connectivity index (χ2n) is 5.49. The van der Waals surface area contributed by atoms with E-state index in [4.69, 9.17) is 9.47 Å². The second-order valence-corrected chi connectivity index (χ2v) is 5.49. The Bertz CT molecular complexity index is 228. The standard InChI is InChI=1S/C13H23NO2/c1-2-6-14-7-3-4-11(13(14)5-1)8-15-9-12-10-16-12/h11-13H,1-10H2. The highest BCUT2D eigenvalue weighted by atomic mass is 16.6. The summed E-state index contributed by atoms with van der Waals surface area (Å²) in [5.41, 5.74) is 0. The lowest BCUT2D eigenvalue weighted by molar-refractivity contribution is 0.000764. The normalized spacial score (nSPS) is 39.4. The SMILES string of the molecule is C1CCN2CCCC(COCC3CO3)C2C1. The summed E-state index contributed by atoms with van der Waals surface area (Å²) in [7, 11) is 0. The van der Waals surface area contributed by atoms with Crippen molar-refractivity contribution in [3.05, 3.63) is 0 Å². The van der Waals surface area contributed by atoms with E-state index in [0.717, 1.165) is 31.8 Å². The molecule has 3 fully saturated rings. The summed E-state index contributed by atoms with van der Waals surface area (Å²) in [5.74, 6) is 0.785. The Labute approximate surface area is 98.1 Å². The molecule has 3 nitrogen and oxygen atoms in total. The molecule has 0 radical (unpaired) electrons. The van der Waals surface area contributed by atoms with Crippen molar-refractivity contribution in [3.8, 4) is 0 Å². The molecule has 0 aromatic heterocycles. The van der Waals surface area contributed by atoms with Gasteiger partial charge in [-0.25, -0.2) is 0 Å². The van der Waals surface area contributed by atoms with Crippen molar-refractivity contribution >= 4 is 0 Å². The third-order valence-electron chi connectivity index (χ3n) is 4.27. The number of epoxide rings is 1. The highest BCUT2D eigenvalue weighted by Crippen LogP contribution is 2.31. The number of piperidine rings is 2. The zero-order valence-corrected chi connectivity index (χ0v) is 10.1. The van der Waals surface area contributed by atoms with E-state index in [9.17, 15) is 0 Å². The van der Waals surface area contributed by atoms with Crippen LogP contribution in [0.25, 0.3) is 0 Å². The van der Waals surface area contributed by atoms with Crippen molar-refractivity contribution in [3.63, 3.8) is 0 Å². The van der Waals surface area contributed by atoms with Gasteiger partial charge in [-0.3, -0.25) is 0 Å². The Morgan fingerprint density at radius 1 is 1.06 bits per heavy atom. The minimum Gasteiger partial charge on any atom is -0.378 e. The van der Waals surface area contributed by atoms with Gasteiger partial charge in [0, 0.05) is 6.04 Å². The molecule has 16 heavy (non-hydrogen) atoms. The first-order valence-corrected chi connectivity index (χ1v) is 6.87. The van der Waals surface area contributed by atoms with Crippen LogP contribution in [0.3, 0.4) is 0 Å². The molecule has 3 saturated heterocycles. The van der Waals surface area contributed by atoms with Gasteiger partial charge in [0.15, 0.2) is 0 Å². The summed E-state index contributed by atoms with van der Waals surface area (Å²) >= 11 is 0. The van der Waals surface area contributed by atoms with Crippen LogP contribution in [0, 0.1) is 5.92 Å². The fraction of sp³-hybridized carbons (Fsp3) is 1.00. The Balaban J connectivity index is 1.47. The second kappa shape index (κ2) is 5.03. The minimum absolute atomic E-state index is 0.422. The molecule has 0 bridgehead atoms. The lowest BCUT2D eigenvalue weighted by Gasteiger charge is -2.44. The number of rotatable bonds is 4. The van der Waals surface area contributed by atoms with Gasteiger partial charge in [0.05, 0.1) is 19.8 Å². The molecule has 0 spiro atoms. The van der Waals surface area contributed by atoms with Gasteiger partial charge in [0.1, 0.15) is 6.10 Å². The van der Waals surface area contributed by atoms with Gasteiger partial charge in [-0.05, 0) is 44.7 Å². The van der Waals surface area contributed by atoms with Gasteiger partial charge in [-0.1, -0.05) is 6.42 Å². The smallest absolute Gasteiger partial charge is 0.104 e. The summed E-state index contributed by atoms with van der Waals surface area (Å²) < 4.78 is 11.0. The third-order valence-corrected chi connectivity index (χ3v) is 4.27. The molecule has 0 amide bonds. The van der Waals surface area contributed by atoms with Crippen LogP contribution in [-0.2, 0) is 9.47 Å². The molecule has 3 heteroatoms. The van der Waals surface area contributed by atoms with E-state index in [1.807, 2.05) is 0 Å². The Morgan fingerprint density at radius 2 is 1.94 bits per heavy atom. The number of nitrogens with zero attached hydrogens (tertiary/aromatic N) is 1. The third kappa shape index (κ3) is 2.58. The van der Waals surface area contributed by atoms with Gasteiger partial charge >= 0.3 is 0 Å². The molecule has 0 aromatic carbocycles. The van der Waals surface area contributed by atoms with Crippen LogP contribution in [0.15, 0.2) is 0 Å². The van der Waals surface area contributed by atoms with E-state index in [2.05, 4.69) is 4.90 Å². The number of hydrogen-bond acceptors (Lipinski definition) is 3. The van der Waals surface area contributed by atoms with Crippen molar-refractivity contribution in [2.24, 2.45) is 5.92 Å². The lowest BCUT2D eigenvalue weighted by atomic mass is 9.84. The lowest BCUT2D eigenvalue weighted by Crippen LogP contribution is -2.49. The summed E-state index contributed by atoms with van der Waals surface area (Å²) in [6.07, 6.45) is 7.38. The molecular formula is C13H23NO2. The molecule has 3 aliphatic rings. The molecule has 3 aliphatic heterocycles. The minimum atomic E-state index is 0.422. The molecule has 92 valence electrons. The number of ether oxygens (including phenoxy) is 2. The largest absolute Gasteiger partial charge is 0.378 e.